The number of carbonyl (C=O) groups is 2. The lowest BCUT2D eigenvalue weighted by Gasteiger charge is -2.13. The van der Waals surface area contributed by atoms with Gasteiger partial charge in [0.1, 0.15) is 5.75 Å². The molecule has 0 aromatic heterocycles. The van der Waals surface area contributed by atoms with Gasteiger partial charge in [0.2, 0.25) is 15.9 Å². The van der Waals surface area contributed by atoms with Gasteiger partial charge in [-0.2, -0.15) is 0 Å². The monoisotopic (exact) mass is 417 g/mol. The molecule has 1 saturated carbocycles. The van der Waals surface area contributed by atoms with Crippen LogP contribution >= 0.6 is 0 Å². The van der Waals surface area contributed by atoms with Crippen LogP contribution in [0.2, 0.25) is 0 Å². The predicted molar refractivity (Wildman–Crippen MR) is 109 cm³/mol. The summed E-state index contributed by atoms with van der Waals surface area (Å²) >= 11 is 0. The third kappa shape index (κ3) is 5.55. The highest BCUT2D eigenvalue weighted by Gasteiger charge is 2.29. The lowest BCUT2D eigenvalue weighted by atomic mass is 10.1. The van der Waals surface area contributed by atoms with E-state index < -0.39 is 15.9 Å². The van der Waals surface area contributed by atoms with E-state index >= 15 is 0 Å². The second-order valence-corrected chi connectivity index (χ2v) is 8.65. The van der Waals surface area contributed by atoms with E-state index in [4.69, 9.17) is 9.88 Å². The average molecular weight is 417 g/mol. The molecule has 0 spiro atoms. The molecule has 0 atom stereocenters. The molecular weight excluding hydrogens is 394 g/mol. The highest BCUT2D eigenvalue weighted by atomic mass is 32.2. The van der Waals surface area contributed by atoms with Crippen LogP contribution in [0, 0.1) is 19.8 Å². The summed E-state index contributed by atoms with van der Waals surface area (Å²) in [5.74, 6) is 0.0528. The number of nitrogens with two attached hydrogens (primary N) is 1. The molecule has 0 aliphatic heterocycles. The molecule has 2 amide bonds. The van der Waals surface area contributed by atoms with E-state index in [0.717, 1.165) is 18.4 Å². The van der Waals surface area contributed by atoms with Gasteiger partial charge in [0.15, 0.2) is 6.61 Å². The zero-order valence-corrected chi connectivity index (χ0v) is 17.0. The SMILES string of the molecule is Cc1cc(S(N)(=O)=O)cc(NC(=O)COc2cccc(NC(=O)C3CC3)c2)c1C. The summed E-state index contributed by atoms with van der Waals surface area (Å²) in [5.41, 5.74) is 2.38. The minimum Gasteiger partial charge on any atom is -0.484 e. The Morgan fingerprint density at radius 3 is 2.52 bits per heavy atom. The minimum atomic E-state index is -3.89. The molecule has 8 nitrogen and oxygen atoms in total. The van der Waals surface area contributed by atoms with E-state index in [9.17, 15) is 18.0 Å². The molecule has 3 rings (SSSR count). The molecule has 1 fully saturated rings. The smallest absolute Gasteiger partial charge is 0.262 e. The topological polar surface area (TPSA) is 128 Å². The second kappa shape index (κ2) is 8.22. The van der Waals surface area contributed by atoms with Crippen molar-refractivity contribution in [3.8, 4) is 5.75 Å². The maximum atomic E-state index is 12.3. The molecule has 1 aliphatic carbocycles. The van der Waals surface area contributed by atoms with E-state index in [1.807, 2.05) is 0 Å². The number of amides is 2. The molecule has 4 N–H and O–H groups in total. The maximum absolute atomic E-state index is 12.3. The Kier molecular flexibility index (Phi) is 5.90. The van der Waals surface area contributed by atoms with Crippen molar-refractivity contribution in [2.75, 3.05) is 17.2 Å². The summed E-state index contributed by atoms with van der Waals surface area (Å²) in [4.78, 5) is 24.1. The Morgan fingerprint density at radius 2 is 1.86 bits per heavy atom. The van der Waals surface area contributed by atoms with Crippen LogP contribution in [-0.2, 0) is 19.6 Å². The van der Waals surface area contributed by atoms with Crippen molar-refractivity contribution in [3.05, 3.63) is 47.5 Å². The first-order valence-electron chi connectivity index (χ1n) is 9.11. The van der Waals surface area contributed by atoms with Gasteiger partial charge in [-0.3, -0.25) is 9.59 Å². The maximum Gasteiger partial charge on any atom is 0.262 e. The zero-order chi connectivity index (χ0) is 21.2. The molecule has 0 heterocycles. The first-order chi connectivity index (χ1) is 13.6. The number of primary sulfonamides is 1. The van der Waals surface area contributed by atoms with Gasteiger partial charge >= 0.3 is 0 Å². The standard InChI is InChI=1S/C20H23N3O5S/c1-12-8-17(29(21,26)27)10-18(13(12)2)23-19(24)11-28-16-5-3-4-15(9-16)22-20(25)14-6-7-14/h3-5,8-10,14H,6-7,11H2,1-2H3,(H,22,25)(H,23,24)(H2,21,26,27). The van der Waals surface area contributed by atoms with Gasteiger partial charge in [-0.1, -0.05) is 6.07 Å². The number of anilines is 2. The average Bonchev–Trinajstić information content (AvgIpc) is 3.48. The van der Waals surface area contributed by atoms with Crippen molar-refractivity contribution in [1.82, 2.24) is 0 Å². The molecule has 9 heteroatoms. The Bertz CT molecular complexity index is 1060. The summed E-state index contributed by atoms with van der Waals surface area (Å²) in [7, 11) is -3.89. The number of hydrogen-bond acceptors (Lipinski definition) is 5. The van der Waals surface area contributed by atoms with Crippen molar-refractivity contribution in [3.63, 3.8) is 0 Å². The quantitative estimate of drug-likeness (QED) is 0.637. The van der Waals surface area contributed by atoms with Crippen LogP contribution in [-0.4, -0.2) is 26.8 Å². The number of nitrogens with one attached hydrogen (secondary N) is 2. The Hall–Kier alpha value is -2.91. The van der Waals surface area contributed by atoms with Crippen LogP contribution < -0.4 is 20.5 Å². The van der Waals surface area contributed by atoms with Gasteiger partial charge in [0.05, 0.1) is 4.90 Å². The Balaban J connectivity index is 1.63. The summed E-state index contributed by atoms with van der Waals surface area (Å²) < 4.78 is 28.7. The Labute approximate surface area is 169 Å². The molecule has 154 valence electrons. The van der Waals surface area contributed by atoms with Crippen LogP contribution in [0.15, 0.2) is 41.3 Å². The fourth-order valence-corrected chi connectivity index (χ4v) is 3.33. The number of sulfonamides is 1. The summed E-state index contributed by atoms with van der Waals surface area (Å²) in [6.45, 7) is 3.22. The molecule has 1 aliphatic rings. The number of hydrogen-bond donors (Lipinski definition) is 3. The van der Waals surface area contributed by atoms with Crippen LogP contribution in [0.25, 0.3) is 0 Å². The van der Waals surface area contributed by atoms with Gasteiger partial charge in [-0.05, 0) is 62.1 Å². The van der Waals surface area contributed by atoms with E-state index in [2.05, 4.69) is 10.6 Å². The number of aryl methyl sites for hydroxylation is 1. The predicted octanol–water partition coefficient (Wildman–Crippen LogP) is 2.32. The molecule has 0 radical (unpaired) electrons. The summed E-state index contributed by atoms with van der Waals surface area (Å²) in [5, 5.41) is 10.7. The third-order valence-corrected chi connectivity index (χ3v) is 5.56. The fraction of sp³-hybridized carbons (Fsp3) is 0.300. The van der Waals surface area contributed by atoms with Gasteiger partial charge in [-0.25, -0.2) is 13.6 Å². The molecule has 0 bridgehead atoms. The molecule has 29 heavy (non-hydrogen) atoms. The van der Waals surface area contributed by atoms with Crippen LogP contribution in [0.4, 0.5) is 11.4 Å². The van der Waals surface area contributed by atoms with E-state index in [0.29, 0.717) is 22.7 Å². The lowest BCUT2D eigenvalue weighted by Crippen LogP contribution is -2.21. The van der Waals surface area contributed by atoms with Crippen molar-refractivity contribution >= 4 is 33.2 Å². The summed E-state index contributed by atoms with van der Waals surface area (Å²) in [6, 6.07) is 9.57. The highest BCUT2D eigenvalue weighted by Crippen LogP contribution is 2.30. The minimum absolute atomic E-state index is 0.0134. The fourth-order valence-electron chi connectivity index (χ4n) is 2.71. The Morgan fingerprint density at radius 1 is 1.14 bits per heavy atom. The van der Waals surface area contributed by atoms with Crippen molar-refractivity contribution in [1.29, 1.82) is 0 Å². The number of ether oxygens (including phenoxy) is 1. The largest absolute Gasteiger partial charge is 0.484 e. The number of rotatable bonds is 7. The van der Waals surface area contributed by atoms with E-state index in [1.165, 1.54) is 12.1 Å². The zero-order valence-electron chi connectivity index (χ0n) is 16.2. The lowest BCUT2D eigenvalue weighted by molar-refractivity contribution is -0.118. The molecule has 0 saturated heterocycles. The normalized spacial score (nSPS) is 13.6. The van der Waals surface area contributed by atoms with Crippen molar-refractivity contribution in [2.24, 2.45) is 11.1 Å². The number of benzene rings is 2. The first-order valence-corrected chi connectivity index (χ1v) is 10.7. The molecular formula is C20H23N3O5S. The van der Waals surface area contributed by atoms with Crippen LogP contribution in [0.1, 0.15) is 24.0 Å². The van der Waals surface area contributed by atoms with Gasteiger partial charge in [0, 0.05) is 23.4 Å². The van der Waals surface area contributed by atoms with Gasteiger partial charge < -0.3 is 15.4 Å². The highest BCUT2D eigenvalue weighted by molar-refractivity contribution is 7.89. The second-order valence-electron chi connectivity index (χ2n) is 7.09. The van der Waals surface area contributed by atoms with Crippen molar-refractivity contribution < 1.29 is 22.7 Å². The van der Waals surface area contributed by atoms with Crippen LogP contribution in [0.5, 0.6) is 5.75 Å². The van der Waals surface area contributed by atoms with E-state index in [1.54, 1.807) is 38.1 Å². The number of carbonyl (C=O) groups excluding carboxylic acids is 2. The molecule has 2 aromatic rings. The van der Waals surface area contributed by atoms with E-state index in [-0.39, 0.29) is 23.3 Å². The van der Waals surface area contributed by atoms with Crippen LogP contribution in [0.3, 0.4) is 0 Å². The third-order valence-electron chi connectivity index (χ3n) is 4.66. The van der Waals surface area contributed by atoms with Crippen molar-refractivity contribution in [2.45, 2.75) is 31.6 Å². The summed E-state index contributed by atoms with van der Waals surface area (Å²) in [6.07, 6.45) is 1.82. The molecule has 2 aromatic carbocycles. The van der Waals surface area contributed by atoms with Gasteiger partial charge in [0.25, 0.3) is 5.91 Å². The molecule has 0 unspecified atom stereocenters. The first kappa shape index (κ1) is 20.8. The van der Waals surface area contributed by atoms with Gasteiger partial charge in [-0.15, -0.1) is 0 Å².